The van der Waals surface area contributed by atoms with E-state index in [9.17, 15) is 18.8 Å². The number of amides is 4. The molecule has 1 aliphatic rings. The molecule has 0 atom stereocenters. The van der Waals surface area contributed by atoms with Crippen molar-refractivity contribution in [2.75, 3.05) is 18.5 Å². The van der Waals surface area contributed by atoms with Crippen molar-refractivity contribution in [2.24, 2.45) is 0 Å². The topological polar surface area (TPSA) is 97.0 Å². The fourth-order valence-electron chi connectivity index (χ4n) is 4.01. The highest BCUT2D eigenvalue weighted by Gasteiger charge is 2.35. The third kappa shape index (κ3) is 6.75. The molecule has 0 bridgehead atoms. The zero-order valence-electron chi connectivity index (χ0n) is 21.4. The van der Waals surface area contributed by atoms with Crippen molar-refractivity contribution in [3.63, 3.8) is 0 Å². The SMILES string of the molecule is CCOc1cc(/C=C2/NC(=O)N(CC(=O)Nc3ccccc3CC)C2=O)cc(I)c1OCc1ccccc1F. The molecule has 39 heavy (non-hydrogen) atoms. The summed E-state index contributed by atoms with van der Waals surface area (Å²) < 4.78 is 26.4. The monoisotopic (exact) mass is 643 g/mol. The van der Waals surface area contributed by atoms with Crippen molar-refractivity contribution < 1.29 is 28.2 Å². The standard InChI is InChI=1S/C29H27FIN3O5/c1-3-19-9-6-8-12-23(19)32-26(35)16-34-28(36)24(33-29(34)37)14-18-13-22(31)27(25(15-18)38-4-2)39-17-20-10-5-7-11-21(20)30/h5-15H,3-4,16-17H2,1-2H3,(H,32,35)(H,33,37)/b24-14+. The van der Waals surface area contributed by atoms with Gasteiger partial charge in [-0.05, 0) is 77.4 Å². The second kappa shape index (κ2) is 12.7. The van der Waals surface area contributed by atoms with Crippen molar-refractivity contribution in [3.05, 3.63) is 92.4 Å². The first-order chi connectivity index (χ1) is 18.8. The Kier molecular flexibility index (Phi) is 9.18. The number of benzene rings is 3. The van der Waals surface area contributed by atoms with Crippen molar-refractivity contribution >= 4 is 52.2 Å². The molecule has 202 valence electrons. The molecule has 0 radical (unpaired) electrons. The number of urea groups is 1. The average molecular weight is 643 g/mol. The largest absolute Gasteiger partial charge is 0.490 e. The minimum Gasteiger partial charge on any atom is -0.490 e. The van der Waals surface area contributed by atoms with E-state index in [4.69, 9.17) is 9.47 Å². The lowest BCUT2D eigenvalue weighted by Gasteiger charge is -2.15. The third-order valence-corrected chi connectivity index (χ3v) is 6.71. The van der Waals surface area contributed by atoms with Gasteiger partial charge in [0.15, 0.2) is 11.5 Å². The third-order valence-electron chi connectivity index (χ3n) is 5.91. The van der Waals surface area contributed by atoms with Crippen LogP contribution in [-0.4, -0.2) is 35.9 Å². The van der Waals surface area contributed by atoms with Gasteiger partial charge in [-0.3, -0.25) is 9.59 Å². The number of anilines is 1. The van der Waals surface area contributed by atoms with Crippen LogP contribution in [0.3, 0.4) is 0 Å². The maximum atomic E-state index is 14.0. The highest BCUT2D eigenvalue weighted by atomic mass is 127. The van der Waals surface area contributed by atoms with Gasteiger partial charge in [0.1, 0.15) is 24.7 Å². The van der Waals surface area contributed by atoms with E-state index in [0.717, 1.165) is 16.9 Å². The Morgan fingerprint density at radius 2 is 1.77 bits per heavy atom. The van der Waals surface area contributed by atoms with E-state index in [1.54, 1.807) is 42.5 Å². The van der Waals surface area contributed by atoms with Crippen LogP contribution in [0, 0.1) is 9.39 Å². The lowest BCUT2D eigenvalue weighted by molar-refractivity contribution is -0.127. The van der Waals surface area contributed by atoms with E-state index < -0.39 is 24.4 Å². The lowest BCUT2D eigenvalue weighted by atomic mass is 10.1. The highest BCUT2D eigenvalue weighted by molar-refractivity contribution is 14.1. The number of hydrogen-bond acceptors (Lipinski definition) is 5. The normalized spacial score (nSPS) is 13.9. The van der Waals surface area contributed by atoms with E-state index in [1.807, 2.05) is 26.0 Å². The number of rotatable bonds is 10. The molecule has 0 spiro atoms. The van der Waals surface area contributed by atoms with E-state index in [0.29, 0.717) is 38.5 Å². The first-order valence-corrected chi connectivity index (χ1v) is 13.4. The minimum atomic E-state index is -0.685. The maximum absolute atomic E-state index is 14.0. The van der Waals surface area contributed by atoms with Crippen LogP contribution >= 0.6 is 22.6 Å². The van der Waals surface area contributed by atoms with Crippen LogP contribution in [0.15, 0.2) is 66.4 Å². The maximum Gasteiger partial charge on any atom is 0.329 e. The molecule has 8 nitrogen and oxygen atoms in total. The van der Waals surface area contributed by atoms with Gasteiger partial charge in [-0.15, -0.1) is 0 Å². The highest BCUT2D eigenvalue weighted by Crippen LogP contribution is 2.36. The van der Waals surface area contributed by atoms with Crippen LogP contribution in [0.5, 0.6) is 11.5 Å². The molecule has 1 heterocycles. The first-order valence-electron chi connectivity index (χ1n) is 12.4. The number of carbonyl (C=O) groups excluding carboxylic acids is 3. The fraction of sp³-hybridized carbons (Fsp3) is 0.207. The van der Waals surface area contributed by atoms with Gasteiger partial charge in [0.05, 0.1) is 10.2 Å². The summed E-state index contributed by atoms with van der Waals surface area (Å²) >= 11 is 2.07. The van der Waals surface area contributed by atoms with Crippen molar-refractivity contribution in [1.82, 2.24) is 10.2 Å². The molecule has 0 aromatic heterocycles. The minimum absolute atomic E-state index is 0.0114. The molecule has 1 fully saturated rings. The van der Waals surface area contributed by atoms with Crippen LogP contribution in [0.25, 0.3) is 6.08 Å². The van der Waals surface area contributed by atoms with Gasteiger partial charge in [-0.2, -0.15) is 0 Å². The number of nitrogens with zero attached hydrogens (tertiary/aromatic N) is 1. The molecule has 1 aliphatic heterocycles. The van der Waals surface area contributed by atoms with Gasteiger partial charge in [0, 0.05) is 11.3 Å². The van der Waals surface area contributed by atoms with Crippen molar-refractivity contribution in [2.45, 2.75) is 26.9 Å². The van der Waals surface area contributed by atoms with Crippen LogP contribution in [0.2, 0.25) is 0 Å². The Morgan fingerprint density at radius 1 is 1.05 bits per heavy atom. The predicted octanol–water partition coefficient (Wildman–Crippen LogP) is 5.50. The van der Waals surface area contributed by atoms with Crippen molar-refractivity contribution in [3.8, 4) is 11.5 Å². The molecule has 1 saturated heterocycles. The molecule has 0 aliphatic carbocycles. The second-order valence-corrected chi connectivity index (χ2v) is 9.74. The summed E-state index contributed by atoms with van der Waals surface area (Å²) in [5, 5.41) is 5.30. The molecule has 10 heteroatoms. The summed E-state index contributed by atoms with van der Waals surface area (Å²) in [6.45, 7) is 3.73. The number of hydrogen-bond donors (Lipinski definition) is 2. The number of imide groups is 1. The average Bonchev–Trinajstić information content (AvgIpc) is 3.16. The fourth-order valence-corrected chi connectivity index (χ4v) is 4.79. The summed E-state index contributed by atoms with van der Waals surface area (Å²) in [6.07, 6.45) is 2.23. The zero-order chi connectivity index (χ0) is 27.9. The Balaban J connectivity index is 1.50. The first kappa shape index (κ1) is 28.1. The van der Waals surface area contributed by atoms with E-state index in [2.05, 4.69) is 33.2 Å². The van der Waals surface area contributed by atoms with E-state index in [-0.39, 0.29) is 18.1 Å². The number of aryl methyl sites for hydroxylation is 1. The molecule has 3 aromatic carbocycles. The summed E-state index contributed by atoms with van der Waals surface area (Å²) in [7, 11) is 0. The van der Waals surface area contributed by atoms with Gasteiger partial charge < -0.3 is 20.1 Å². The Bertz CT molecular complexity index is 1440. The number of nitrogens with one attached hydrogen (secondary N) is 2. The zero-order valence-corrected chi connectivity index (χ0v) is 23.6. The summed E-state index contributed by atoms with van der Waals surface area (Å²) in [5.74, 6) is -0.613. The molecule has 4 amide bonds. The van der Waals surface area contributed by atoms with Crippen LogP contribution in [0.4, 0.5) is 14.9 Å². The van der Waals surface area contributed by atoms with Crippen LogP contribution in [0.1, 0.15) is 30.5 Å². The Hall–Kier alpha value is -3.93. The van der Waals surface area contributed by atoms with Gasteiger partial charge in [0.25, 0.3) is 5.91 Å². The van der Waals surface area contributed by atoms with Crippen molar-refractivity contribution in [1.29, 1.82) is 0 Å². The molecule has 3 aromatic rings. The Morgan fingerprint density at radius 3 is 2.49 bits per heavy atom. The quantitative estimate of drug-likeness (QED) is 0.173. The predicted molar refractivity (Wildman–Crippen MR) is 154 cm³/mol. The Labute approximate surface area is 239 Å². The molecule has 4 rings (SSSR count). The van der Waals surface area contributed by atoms with Crippen LogP contribution in [-0.2, 0) is 22.6 Å². The van der Waals surface area contributed by atoms with Gasteiger partial charge >= 0.3 is 6.03 Å². The number of carbonyl (C=O) groups is 3. The number of halogens is 2. The second-order valence-electron chi connectivity index (χ2n) is 8.58. The molecule has 2 N–H and O–H groups in total. The summed E-state index contributed by atoms with van der Waals surface area (Å²) in [4.78, 5) is 39.0. The lowest BCUT2D eigenvalue weighted by Crippen LogP contribution is -2.38. The molecular weight excluding hydrogens is 616 g/mol. The molecule has 0 unspecified atom stereocenters. The summed E-state index contributed by atoms with van der Waals surface area (Å²) in [6, 6.07) is 16.4. The smallest absolute Gasteiger partial charge is 0.329 e. The van der Waals surface area contributed by atoms with E-state index in [1.165, 1.54) is 12.1 Å². The van der Waals surface area contributed by atoms with Gasteiger partial charge in [-0.1, -0.05) is 43.3 Å². The molecular formula is C29H27FIN3O5. The van der Waals surface area contributed by atoms with Gasteiger partial charge in [0.2, 0.25) is 5.91 Å². The van der Waals surface area contributed by atoms with E-state index >= 15 is 0 Å². The molecule has 0 saturated carbocycles. The van der Waals surface area contributed by atoms with Crippen LogP contribution < -0.4 is 20.1 Å². The summed E-state index contributed by atoms with van der Waals surface area (Å²) in [5.41, 5.74) is 2.60. The number of ether oxygens (including phenoxy) is 2. The number of para-hydroxylation sites is 1. The van der Waals surface area contributed by atoms with Gasteiger partial charge in [-0.25, -0.2) is 14.1 Å².